The Kier molecular flexibility index (Phi) is 4.45. The van der Waals surface area contributed by atoms with E-state index in [-0.39, 0.29) is 11.9 Å². The standard InChI is InChI=1S/C14H19N3O3/c1-2-20-14(19)9-5-6-10(15)12(8-9)17-11-4-3-7-16-13(11)18/h5-6,8,11,17H,2-4,7,15H2,1H3,(H,16,18). The van der Waals surface area contributed by atoms with Gasteiger partial charge in [0.25, 0.3) is 0 Å². The monoisotopic (exact) mass is 277 g/mol. The molecule has 0 bridgehead atoms. The lowest BCUT2D eigenvalue weighted by atomic mass is 10.1. The topological polar surface area (TPSA) is 93.4 Å². The predicted molar refractivity (Wildman–Crippen MR) is 76.5 cm³/mol. The van der Waals surface area contributed by atoms with E-state index >= 15 is 0 Å². The second-order valence-corrected chi connectivity index (χ2v) is 4.65. The van der Waals surface area contributed by atoms with Crippen LogP contribution in [-0.2, 0) is 9.53 Å². The van der Waals surface area contributed by atoms with E-state index in [1.165, 1.54) is 0 Å². The van der Waals surface area contributed by atoms with Crippen LogP contribution in [0.15, 0.2) is 18.2 Å². The molecule has 0 radical (unpaired) electrons. The molecule has 1 saturated heterocycles. The molecule has 108 valence electrons. The number of nitrogen functional groups attached to an aromatic ring is 1. The maximum absolute atomic E-state index is 11.7. The largest absolute Gasteiger partial charge is 0.462 e. The van der Waals surface area contributed by atoms with E-state index in [1.54, 1.807) is 25.1 Å². The third-order valence-electron chi connectivity index (χ3n) is 3.18. The molecule has 1 fully saturated rings. The Morgan fingerprint density at radius 3 is 3.05 bits per heavy atom. The van der Waals surface area contributed by atoms with Gasteiger partial charge in [-0.25, -0.2) is 4.79 Å². The van der Waals surface area contributed by atoms with E-state index < -0.39 is 5.97 Å². The van der Waals surface area contributed by atoms with Crippen LogP contribution in [0.25, 0.3) is 0 Å². The number of anilines is 2. The van der Waals surface area contributed by atoms with Crippen molar-refractivity contribution in [2.24, 2.45) is 0 Å². The fourth-order valence-electron chi connectivity index (χ4n) is 2.12. The summed E-state index contributed by atoms with van der Waals surface area (Å²) in [5.74, 6) is -0.444. The Hall–Kier alpha value is -2.24. The number of piperidine rings is 1. The van der Waals surface area contributed by atoms with Crippen LogP contribution in [0.2, 0.25) is 0 Å². The lowest BCUT2D eigenvalue weighted by molar-refractivity contribution is -0.123. The summed E-state index contributed by atoms with van der Waals surface area (Å²) in [5.41, 5.74) is 7.37. The van der Waals surface area contributed by atoms with Crippen molar-refractivity contribution in [3.8, 4) is 0 Å². The maximum atomic E-state index is 11.7. The van der Waals surface area contributed by atoms with Gasteiger partial charge in [0.1, 0.15) is 6.04 Å². The van der Waals surface area contributed by atoms with Crippen LogP contribution in [0.1, 0.15) is 30.1 Å². The van der Waals surface area contributed by atoms with E-state index in [0.29, 0.717) is 30.1 Å². The highest BCUT2D eigenvalue weighted by Gasteiger charge is 2.22. The molecule has 1 aliphatic heterocycles. The van der Waals surface area contributed by atoms with Crippen molar-refractivity contribution in [3.05, 3.63) is 23.8 Å². The fourth-order valence-corrected chi connectivity index (χ4v) is 2.12. The molecule has 20 heavy (non-hydrogen) atoms. The van der Waals surface area contributed by atoms with Gasteiger partial charge >= 0.3 is 5.97 Å². The average molecular weight is 277 g/mol. The van der Waals surface area contributed by atoms with Crippen LogP contribution in [0.4, 0.5) is 11.4 Å². The Morgan fingerprint density at radius 2 is 2.35 bits per heavy atom. The van der Waals surface area contributed by atoms with Gasteiger partial charge in [0, 0.05) is 6.54 Å². The summed E-state index contributed by atoms with van der Waals surface area (Å²) in [6.45, 7) is 2.77. The zero-order valence-corrected chi connectivity index (χ0v) is 11.4. The van der Waals surface area contributed by atoms with Gasteiger partial charge in [-0.05, 0) is 38.0 Å². The van der Waals surface area contributed by atoms with E-state index in [4.69, 9.17) is 10.5 Å². The maximum Gasteiger partial charge on any atom is 0.338 e. The molecule has 0 spiro atoms. The smallest absolute Gasteiger partial charge is 0.338 e. The van der Waals surface area contributed by atoms with Crippen LogP contribution >= 0.6 is 0 Å². The lowest BCUT2D eigenvalue weighted by Crippen LogP contribution is -2.44. The summed E-state index contributed by atoms with van der Waals surface area (Å²) < 4.78 is 4.95. The molecular weight excluding hydrogens is 258 g/mol. The number of carbonyl (C=O) groups is 2. The van der Waals surface area contributed by atoms with Crippen molar-refractivity contribution in [3.63, 3.8) is 0 Å². The minimum atomic E-state index is -0.399. The Morgan fingerprint density at radius 1 is 1.55 bits per heavy atom. The highest BCUT2D eigenvalue weighted by Crippen LogP contribution is 2.23. The summed E-state index contributed by atoms with van der Waals surface area (Å²) in [5, 5.41) is 5.89. The molecule has 0 aliphatic carbocycles. The number of carbonyl (C=O) groups excluding carboxylic acids is 2. The van der Waals surface area contributed by atoms with Crippen LogP contribution in [0.5, 0.6) is 0 Å². The zero-order chi connectivity index (χ0) is 14.5. The molecule has 1 heterocycles. The van der Waals surface area contributed by atoms with Crippen molar-refractivity contribution in [1.82, 2.24) is 5.32 Å². The summed E-state index contributed by atoms with van der Waals surface area (Å²) >= 11 is 0. The molecule has 1 unspecified atom stereocenters. The number of esters is 1. The number of nitrogens with two attached hydrogens (primary N) is 1. The summed E-state index contributed by atoms with van der Waals surface area (Å²) in [6, 6.07) is 4.55. The first-order chi connectivity index (χ1) is 9.61. The minimum Gasteiger partial charge on any atom is -0.462 e. The number of nitrogens with one attached hydrogen (secondary N) is 2. The zero-order valence-electron chi connectivity index (χ0n) is 11.4. The van der Waals surface area contributed by atoms with Gasteiger partial charge < -0.3 is 21.1 Å². The second kappa shape index (κ2) is 6.27. The van der Waals surface area contributed by atoms with Gasteiger partial charge in [-0.15, -0.1) is 0 Å². The third kappa shape index (κ3) is 3.20. The normalized spacial score (nSPS) is 18.2. The molecule has 2 rings (SSSR count). The van der Waals surface area contributed by atoms with Crippen LogP contribution in [-0.4, -0.2) is 31.1 Å². The molecule has 1 amide bonds. The Balaban J connectivity index is 2.15. The SMILES string of the molecule is CCOC(=O)c1ccc(N)c(NC2CCCNC2=O)c1. The fraction of sp³-hybridized carbons (Fsp3) is 0.429. The third-order valence-corrected chi connectivity index (χ3v) is 3.18. The highest BCUT2D eigenvalue weighted by molar-refractivity contribution is 5.93. The molecule has 1 atom stereocenters. The molecule has 4 N–H and O–H groups in total. The van der Waals surface area contributed by atoms with Crippen molar-refractivity contribution in [2.75, 3.05) is 24.2 Å². The van der Waals surface area contributed by atoms with Gasteiger partial charge in [0.15, 0.2) is 0 Å². The van der Waals surface area contributed by atoms with Crippen molar-refractivity contribution in [1.29, 1.82) is 0 Å². The molecule has 6 heteroatoms. The number of ether oxygens (including phenoxy) is 1. The van der Waals surface area contributed by atoms with Crippen LogP contribution in [0.3, 0.4) is 0 Å². The number of hydrogen-bond acceptors (Lipinski definition) is 5. The summed E-state index contributed by atoms with van der Waals surface area (Å²) in [4.78, 5) is 23.4. The van der Waals surface area contributed by atoms with Gasteiger partial charge in [0.05, 0.1) is 23.5 Å². The van der Waals surface area contributed by atoms with Gasteiger partial charge in [-0.2, -0.15) is 0 Å². The van der Waals surface area contributed by atoms with Gasteiger partial charge in [0.2, 0.25) is 5.91 Å². The molecule has 1 aromatic rings. The van der Waals surface area contributed by atoms with Crippen molar-refractivity contribution < 1.29 is 14.3 Å². The molecule has 1 aliphatic rings. The van der Waals surface area contributed by atoms with E-state index in [9.17, 15) is 9.59 Å². The Labute approximate surface area is 117 Å². The molecular formula is C14H19N3O3. The number of rotatable bonds is 4. The predicted octanol–water partition coefficient (Wildman–Crippen LogP) is 1.14. The average Bonchev–Trinajstić information content (AvgIpc) is 2.44. The van der Waals surface area contributed by atoms with E-state index in [2.05, 4.69) is 10.6 Å². The highest BCUT2D eigenvalue weighted by atomic mass is 16.5. The molecule has 6 nitrogen and oxygen atoms in total. The minimum absolute atomic E-state index is 0.0443. The number of benzene rings is 1. The lowest BCUT2D eigenvalue weighted by Gasteiger charge is -2.24. The van der Waals surface area contributed by atoms with Crippen molar-refractivity contribution in [2.45, 2.75) is 25.8 Å². The first-order valence-corrected chi connectivity index (χ1v) is 6.72. The van der Waals surface area contributed by atoms with E-state index in [0.717, 1.165) is 12.8 Å². The quantitative estimate of drug-likeness (QED) is 0.567. The number of hydrogen-bond donors (Lipinski definition) is 3. The van der Waals surface area contributed by atoms with Crippen LogP contribution < -0.4 is 16.4 Å². The second-order valence-electron chi connectivity index (χ2n) is 4.65. The summed E-state index contributed by atoms with van der Waals surface area (Å²) in [6.07, 6.45) is 1.66. The molecule has 1 aromatic carbocycles. The molecule has 0 aromatic heterocycles. The van der Waals surface area contributed by atoms with E-state index in [1.807, 2.05) is 0 Å². The van der Waals surface area contributed by atoms with Crippen LogP contribution in [0, 0.1) is 0 Å². The van der Waals surface area contributed by atoms with Gasteiger partial charge in [-0.3, -0.25) is 4.79 Å². The van der Waals surface area contributed by atoms with Gasteiger partial charge in [-0.1, -0.05) is 0 Å². The number of amides is 1. The molecule has 0 saturated carbocycles. The van der Waals surface area contributed by atoms with Crippen molar-refractivity contribution >= 4 is 23.3 Å². The first kappa shape index (κ1) is 14.2. The summed E-state index contributed by atoms with van der Waals surface area (Å²) in [7, 11) is 0. The Bertz CT molecular complexity index is 516. The first-order valence-electron chi connectivity index (χ1n) is 6.72.